The summed E-state index contributed by atoms with van der Waals surface area (Å²) in [5.41, 5.74) is 0.908. The van der Waals surface area contributed by atoms with Gasteiger partial charge in [-0.2, -0.15) is 0 Å². The number of aromatic nitrogens is 2. The molecule has 8 heteroatoms. The van der Waals surface area contributed by atoms with Crippen LogP contribution in [0.15, 0.2) is 24.3 Å². The van der Waals surface area contributed by atoms with Crippen LogP contribution in [-0.2, 0) is 9.59 Å². The number of anilines is 1. The van der Waals surface area contributed by atoms with Gasteiger partial charge < -0.3 is 10.2 Å². The summed E-state index contributed by atoms with van der Waals surface area (Å²) in [6.07, 6.45) is 13.5. The average molecular weight is 505 g/mol. The molecule has 6 nitrogen and oxygen atoms in total. The largest absolute Gasteiger partial charge is 0.339 e. The van der Waals surface area contributed by atoms with Crippen molar-refractivity contribution in [2.24, 2.45) is 0 Å². The van der Waals surface area contributed by atoms with Crippen LogP contribution in [0.3, 0.4) is 0 Å². The number of rotatable bonds is 13. The van der Waals surface area contributed by atoms with E-state index >= 15 is 0 Å². The number of nitrogens with one attached hydrogen (secondary N) is 1. The molecule has 1 saturated carbocycles. The summed E-state index contributed by atoms with van der Waals surface area (Å²) in [6.45, 7) is 2.68. The molecule has 2 aromatic rings. The van der Waals surface area contributed by atoms with Gasteiger partial charge in [0, 0.05) is 36.0 Å². The Balaban J connectivity index is 1.50. The van der Waals surface area contributed by atoms with Gasteiger partial charge in [0.1, 0.15) is 5.01 Å². The molecule has 1 heterocycles. The van der Waals surface area contributed by atoms with E-state index in [0.29, 0.717) is 23.1 Å². The molecule has 0 bridgehead atoms. The number of benzene rings is 1. The molecule has 0 radical (unpaired) electrons. The van der Waals surface area contributed by atoms with Crippen LogP contribution < -0.4 is 5.32 Å². The Bertz CT molecular complexity index is 896. The van der Waals surface area contributed by atoms with E-state index in [9.17, 15) is 9.59 Å². The van der Waals surface area contributed by atoms with E-state index in [2.05, 4.69) is 22.4 Å². The zero-order valence-corrected chi connectivity index (χ0v) is 21.8. The number of carbonyl (C=O) groups is 2. The summed E-state index contributed by atoms with van der Waals surface area (Å²) in [5.74, 6) is 0.0723. The molecule has 2 amide bonds. The first-order valence-electron chi connectivity index (χ1n) is 12.8. The topological polar surface area (TPSA) is 75.2 Å². The maximum Gasteiger partial charge on any atom is 0.227 e. The van der Waals surface area contributed by atoms with Gasteiger partial charge in [0.25, 0.3) is 0 Å². The maximum absolute atomic E-state index is 13.1. The second-order valence-electron chi connectivity index (χ2n) is 9.11. The van der Waals surface area contributed by atoms with E-state index in [-0.39, 0.29) is 24.3 Å². The van der Waals surface area contributed by atoms with E-state index in [1.165, 1.54) is 43.4 Å². The van der Waals surface area contributed by atoms with Crippen LogP contribution in [0, 0.1) is 0 Å². The van der Waals surface area contributed by atoms with E-state index in [1.807, 2.05) is 17.0 Å². The van der Waals surface area contributed by atoms with Gasteiger partial charge in [-0.15, -0.1) is 10.2 Å². The van der Waals surface area contributed by atoms with Gasteiger partial charge in [0.15, 0.2) is 0 Å². The zero-order chi connectivity index (χ0) is 24.2. The molecule has 0 atom stereocenters. The average Bonchev–Trinajstić information content (AvgIpc) is 3.31. The highest BCUT2D eigenvalue weighted by atomic mass is 35.5. The fourth-order valence-electron chi connectivity index (χ4n) is 4.49. The van der Waals surface area contributed by atoms with Crippen molar-refractivity contribution < 1.29 is 9.59 Å². The van der Waals surface area contributed by atoms with Crippen LogP contribution in [0.5, 0.6) is 0 Å². The highest BCUT2D eigenvalue weighted by Crippen LogP contribution is 2.28. The van der Waals surface area contributed by atoms with E-state index in [0.717, 1.165) is 49.1 Å². The summed E-state index contributed by atoms with van der Waals surface area (Å²) in [6, 6.07) is 7.64. The van der Waals surface area contributed by atoms with Crippen molar-refractivity contribution in [3.8, 4) is 10.6 Å². The molecule has 0 unspecified atom stereocenters. The van der Waals surface area contributed by atoms with Crippen molar-refractivity contribution in [3.05, 3.63) is 29.3 Å². The second-order valence-corrected chi connectivity index (χ2v) is 10.5. The van der Waals surface area contributed by atoms with Crippen molar-refractivity contribution in [3.63, 3.8) is 0 Å². The van der Waals surface area contributed by atoms with E-state index in [4.69, 9.17) is 11.6 Å². The molecule has 1 aliphatic rings. The normalized spacial score (nSPS) is 14.2. The maximum atomic E-state index is 13.1. The first-order chi connectivity index (χ1) is 16.6. The lowest BCUT2D eigenvalue weighted by atomic mass is 9.93. The minimum atomic E-state index is -0.132. The second kappa shape index (κ2) is 14.4. The number of hydrogen-bond acceptors (Lipinski definition) is 5. The number of hydrogen-bond donors (Lipinski definition) is 1. The molecule has 1 fully saturated rings. The number of nitrogens with zero attached hydrogens (tertiary/aromatic N) is 3. The molecule has 0 spiro atoms. The van der Waals surface area contributed by atoms with Crippen molar-refractivity contribution in [2.45, 2.75) is 96.4 Å². The molecule has 34 heavy (non-hydrogen) atoms. The number of amides is 2. The molecule has 186 valence electrons. The third kappa shape index (κ3) is 8.66. The predicted octanol–water partition coefficient (Wildman–Crippen LogP) is 7.10. The molecular formula is C26H37ClN4O2S. The predicted molar refractivity (Wildman–Crippen MR) is 140 cm³/mol. The van der Waals surface area contributed by atoms with Crippen molar-refractivity contribution in [1.82, 2.24) is 15.1 Å². The fraction of sp³-hybridized carbons (Fsp3) is 0.615. The van der Waals surface area contributed by atoms with Crippen LogP contribution >= 0.6 is 22.9 Å². The SMILES string of the molecule is CCCCCCCCC(=O)N(CCC(=O)Nc1nnc(-c2ccc(Cl)cc2)s1)C1CCCCC1. The summed E-state index contributed by atoms with van der Waals surface area (Å²) in [5, 5.41) is 13.0. The smallest absolute Gasteiger partial charge is 0.227 e. The number of carbonyl (C=O) groups excluding carboxylic acids is 2. The van der Waals surface area contributed by atoms with Gasteiger partial charge in [-0.1, -0.05) is 93.4 Å². The quantitative estimate of drug-likeness (QED) is 0.295. The molecule has 0 saturated heterocycles. The van der Waals surface area contributed by atoms with Crippen molar-refractivity contribution in [2.75, 3.05) is 11.9 Å². The number of halogens is 1. The van der Waals surface area contributed by atoms with Crippen LogP contribution in [0.25, 0.3) is 10.6 Å². The minimum Gasteiger partial charge on any atom is -0.339 e. The Kier molecular flexibility index (Phi) is 11.3. The van der Waals surface area contributed by atoms with Crippen LogP contribution in [0.1, 0.15) is 90.4 Å². The Labute approximate surface area is 212 Å². The molecule has 1 aromatic heterocycles. The fourth-order valence-corrected chi connectivity index (χ4v) is 5.38. The zero-order valence-electron chi connectivity index (χ0n) is 20.2. The minimum absolute atomic E-state index is 0.132. The van der Waals surface area contributed by atoms with E-state index in [1.54, 1.807) is 12.1 Å². The van der Waals surface area contributed by atoms with Crippen LogP contribution in [0.2, 0.25) is 5.02 Å². The Morgan fingerprint density at radius 3 is 2.44 bits per heavy atom. The van der Waals surface area contributed by atoms with Crippen molar-refractivity contribution >= 4 is 39.9 Å². The molecule has 1 aromatic carbocycles. The monoisotopic (exact) mass is 504 g/mol. The summed E-state index contributed by atoms with van der Waals surface area (Å²) in [4.78, 5) is 27.7. The molecule has 1 aliphatic carbocycles. The van der Waals surface area contributed by atoms with E-state index < -0.39 is 0 Å². The van der Waals surface area contributed by atoms with Crippen LogP contribution in [0.4, 0.5) is 5.13 Å². The van der Waals surface area contributed by atoms with Crippen molar-refractivity contribution in [1.29, 1.82) is 0 Å². The highest BCUT2D eigenvalue weighted by molar-refractivity contribution is 7.18. The van der Waals surface area contributed by atoms with Crippen LogP contribution in [-0.4, -0.2) is 39.5 Å². The van der Waals surface area contributed by atoms with Gasteiger partial charge in [-0.3, -0.25) is 9.59 Å². The first kappa shape index (κ1) is 26.6. The first-order valence-corrected chi connectivity index (χ1v) is 13.9. The molecule has 3 rings (SSSR count). The van der Waals surface area contributed by atoms with Gasteiger partial charge in [0.05, 0.1) is 0 Å². The van der Waals surface area contributed by atoms with Gasteiger partial charge in [0.2, 0.25) is 16.9 Å². The molecular weight excluding hydrogens is 468 g/mol. The Morgan fingerprint density at radius 2 is 1.71 bits per heavy atom. The molecule has 1 N–H and O–H groups in total. The molecule has 0 aliphatic heterocycles. The standard InChI is InChI=1S/C26H37ClN4O2S/c1-2-3-4-5-6-10-13-24(33)31(22-11-8-7-9-12-22)19-18-23(32)28-26-30-29-25(34-26)20-14-16-21(27)17-15-20/h14-17,22H,2-13,18-19H2,1H3,(H,28,30,32). The van der Waals surface area contributed by atoms with Gasteiger partial charge in [-0.25, -0.2) is 0 Å². The lowest BCUT2D eigenvalue weighted by molar-refractivity contribution is -0.134. The number of unbranched alkanes of at least 4 members (excludes halogenated alkanes) is 5. The van der Waals surface area contributed by atoms with Gasteiger partial charge in [-0.05, 0) is 31.4 Å². The third-order valence-electron chi connectivity index (χ3n) is 6.42. The highest BCUT2D eigenvalue weighted by Gasteiger charge is 2.25. The summed E-state index contributed by atoms with van der Waals surface area (Å²) >= 11 is 7.28. The van der Waals surface area contributed by atoms with Gasteiger partial charge >= 0.3 is 0 Å². The Hall–Kier alpha value is -1.99. The lowest BCUT2D eigenvalue weighted by Crippen LogP contribution is -2.43. The summed E-state index contributed by atoms with van der Waals surface area (Å²) in [7, 11) is 0. The lowest BCUT2D eigenvalue weighted by Gasteiger charge is -2.34. The Morgan fingerprint density at radius 1 is 1.00 bits per heavy atom. The summed E-state index contributed by atoms with van der Waals surface area (Å²) < 4.78 is 0. The third-order valence-corrected chi connectivity index (χ3v) is 7.56.